The number of aromatic hydroxyl groups is 2. The van der Waals surface area contributed by atoms with Crippen LogP contribution >= 0.6 is 23.2 Å². The van der Waals surface area contributed by atoms with Gasteiger partial charge < -0.3 is 10.2 Å². The molecule has 0 aromatic heterocycles. The van der Waals surface area contributed by atoms with E-state index in [0.717, 1.165) is 0 Å². The van der Waals surface area contributed by atoms with Crippen molar-refractivity contribution in [2.45, 2.75) is 20.3 Å². The van der Waals surface area contributed by atoms with Crippen molar-refractivity contribution in [3.05, 3.63) is 22.2 Å². The van der Waals surface area contributed by atoms with Gasteiger partial charge in [-0.3, -0.25) is 0 Å². The third-order valence-corrected chi connectivity index (χ3v) is 1.51. The van der Waals surface area contributed by atoms with E-state index in [-0.39, 0.29) is 16.5 Å². The Morgan fingerprint density at radius 1 is 1.15 bits per heavy atom. The minimum atomic E-state index is -0.342. The summed E-state index contributed by atoms with van der Waals surface area (Å²) in [6, 6.07) is 2.56. The highest BCUT2D eigenvalue weighted by molar-refractivity contribution is 6.35. The molecule has 2 N–H and O–H groups in total. The summed E-state index contributed by atoms with van der Waals surface area (Å²) in [5, 5.41) is 18.1. The molecule has 0 amide bonds. The van der Waals surface area contributed by atoms with Crippen molar-refractivity contribution in [2.24, 2.45) is 0 Å². The maximum Gasteiger partial charge on any atom is 0.176 e. The molecule has 0 unspecified atom stereocenters. The molecule has 0 saturated heterocycles. The lowest BCUT2D eigenvalue weighted by Crippen LogP contribution is -1.70. The molecule has 0 spiro atoms. The van der Waals surface area contributed by atoms with Crippen molar-refractivity contribution in [3.8, 4) is 11.5 Å². The number of phenolic OH excluding ortho intramolecular Hbond substituents is 2. The van der Waals surface area contributed by atoms with Gasteiger partial charge in [0.25, 0.3) is 0 Å². The number of phenols is 2. The summed E-state index contributed by atoms with van der Waals surface area (Å²) in [5.74, 6) is -0.649. The molecular formula is C9H12Cl2O2. The lowest BCUT2D eigenvalue weighted by molar-refractivity contribution is 0.404. The van der Waals surface area contributed by atoms with E-state index in [1.807, 2.05) is 0 Å². The van der Waals surface area contributed by atoms with Crippen LogP contribution in [0.4, 0.5) is 0 Å². The highest BCUT2D eigenvalue weighted by Gasteiger charge is 2.04. The van der Waals surface area contributed by atoms with E-state index < -0.39 is 0 Å². The average molecular weight is 223 g/mol. The maximum atomic E-state index is 8.89. The summed E-state index contributed by atoms with van der Waals surface area (Å²) in [6.07, 6.45) is 1.25. The quantitative estimate of drug-likeness (QED) is 0.656. The minimum absolute atomic E-state index is 0.0463. The van der Waals surface area contributed by atoms with Crippen LogP contribution in [-0.4, -0.2) is 10.2 Å². The summed E-state index contributed by atoms with van der Waals surface area (Å²) < 4.78 is 0. The Kier molecular flexibility index (Phi) is 5.67. The van der Waals surface area contributed by atoms with Crippen LogP contribution in [0.15, 0.2) is 12.1 Å². The van der Waals surface area contributed by atoms with Crippen LogP contribution in [0.1, 0.15) is 20.3 Å². The van der Waals surface area contributed by atoms with E-state index in [2.05, 4.69) is 13.8 Å². The Labute approximate surface area is 87.7 Å². The Bertz CT molecular complexity index is 251. The van der Waals surface area contributed by atoms with Crippen LogP contribution < -0.4 is 0 Å². The fourth-order valence-electron chi connectivity index (χ4n) is 0.552. The number of hydrogen-bond acceptors (Lipinski definition) is 2. The first-order valence-electron chi connectivity index (χ1n) is 3.89. The molecule has 0 fully saturated rings. The first kappa shape index (κ1) is 12.4. The third-order valence-electron chi connectivity index (χ3n) is 1.01. The molecule has 0 atom stereocenters. The van der Waals surface area contributed by atoms with E-state index in [9.17, 15) is 0 Å². The van der Waals surface area contributed by atoms with Crippen LogP contribution in [0, 0.1) is 0 Å². The van der Waals surface area contributed by atoms with Crippen molar-refractivity contribution in [1.29, 1.82) is 0 Å². The predicted octanol–water partition coefficient (Wildman–Crippen LogP) is 3.82. The first-order chi connectivity index (χ1) is 6.02. The van der Waals surface area contributed by atoms with Gasteiger partial charge in [-0.25, -0.2) is 0 Å². The van der Waals surface area contributed by atoms with Gasteiger partial charge in [0.15, 0.2) is 11.5 Å². The van der Waals surface area contributed by atoms with Crippen LogP contribution in [-0.2, 0) is 0 Å². The van der Waals surface area contributed by atoms with Gasteiger partial charge in [-0.05, 0) is 6.07 Å². The molecule has 4 heteroatoms. The minimum Gasteiger partial charge on any atom is -0.504 e. The Hall–Kier alpha value is -0.600. The zero-order chi connectivity index (χ0) is 10.4. The molecule has 2 nitrogen and oxygen atoms in total. The first-order valence-corrected chi connectivity index (χ1v) is 4.65. The molecular weight excluding hydrogens is 211 g/mol. The molecule has 0 saturated carbocycles. The van der Waals surface area contributed by atoms with Gasteiger partial charge in [0.05, 0.1) is 5.02 Å². The van der Waals surface area contributed by atoms with Crippen molar-refractivity contribution < 1.29 is 10.2 Å². The van der Waals surface area contributed by atoms with Crippen LogP contribution in [0.5, 0.6) is 11.5 Å². The van der Waals surface area contributed by atoms with Gasteiger partial charge in [-0.15, -0.1) is 0 Å². The molecule has 13 heavy (non-hydrogen) atoms. The molecule has 1 aromatic rings. The summed E-state index contributed by atoms with van der Waals surface area (Å²) >= 11 is 10.9. The number of halogens is 2. The molecule has 0 heterocycles. The monoisotopic (exact) mass is 222 g/mol. The van der Waals surface area contributed by atoms with E-state index >= 15 is 0 Å². The zero-order valence-electron chi connectivity index (χ0n) is 7.51. The number of benzene rings is 1. The molecule has 1 aromatic carbocycles. The zero-order valence-corrected chi connectivity index (χ0v) is 9.02. The maximum absolute atomic E-state index is 8.89. The van der Waals surface area contributed by atoms with Crippen molar-refractivity contribution in [3.63, 3.8) is 0 Å². The van der Waals surface area contributed by atoms with Crippen LogP contribution in [0.3, 0.4) is 0 Å². The summed E-state index contributed by atoms with van der Waals surface area (Å²) in [4.78, 5) is 0. The second kappa shape index (κ2) is 5.95. The van der Waals surface area contributed by atoms with Gasteiger partial charge >= 0.3 is 0 Å². The largest absolute Gasteiger partial charge is 0.504 e. The fraction of sp³-hybridized carbons (Fsp3) is 0.333. The molecule has 0 aliphatic heterocycles. The highest BCUT2D eigenvalue weighted by Crippen LogP contribution is 2.35. The normalized spacial score (nSPS) is 8.92. The van der Waals surface area contributed by atoms with Gasteiger partial charge in [-0.1, -0.05) is 43.5 Å². The van der Waals surface area contributed by atoms with Gasteiger partial charge in [-0.2, -0.15) is 0 Å². The molecule has 0 bridgehead atoms. The summed E-state index contributed by atoms with van der Waals surface area (Å²) in [5.41, 5.74) is 0. The van der Waals surface area contributed by atoms with Crippen LogP contribution in [0.25, 0.3) is 0 Å². The van der Waals surface area contributed by atoms with E-state index in [4.69, 9.17) is 33.4 Å². The average Bonchev–Trinajstić information content (AvgIpc) is 2.01. The van der Waals surface area contributed by atoms with Crippen LogP contribution in [0.2, 0.25) is 10.0 Å². The Morgan fingerprint density at radius 2 is 1.62 bits per heavy atom. The van der Waals surface area contributed by atoms with Crippen molar-refractivity contribution >= 4 is 23.2 Å². The number of rotatable bonds is 0. The predicted molar refractivity (Wildman–Crippen MR) is 55.8 cm³/mol. The second-order valence-electron chi connectivity index (χ2n) is 2.46. The van der Waals surface area contributed by atoms with Gasteiger partial charge in [0, 0.05) is 11.1 Å². The molecule has 74 valence electrons. The van der Waals surface area contributed by atoms with Crippen molar-refractivity contribution in [1.82, 2.24) is 0 Å². The second-order valence-corrected chi connectivity index (χ2v) is 3.31. The lowest BCUT2D eigenvalue weighted by Gasteiger charge is -1.98. The summed E-state index contributed by atoms with van der Waals surface area (Å²) in [7, 11) is 0. The Balaban J connectivity index is 0.000000424. The van der Waals surface area contributed by atoms with E-state index in [1.54, 1.807) is 0 Å². The highest BCUT2D eigenvalue weighted by atomic mass is 35.5. The summed E-state index contributed by atoms with van der Waals surface area (Å²) in [6.45, 7) is 4.25. The number of hydrogen-bond donors (Lipinski definition) is 2. The smallest absolute Gasteiger partial charge is 0.176 e. The van der Waals surface area contributed by atoms with Gasteiger partial charge in [0.2, 0.25) is 0 Å². The fourth-order valence-corrected chi connectivity index (χ4v) is 1.04. The molecule has 0 aliphatic carbocycles. The SMILES string of the molecule is CCC.Oc1cc(Cl)cc(Cl)c1O. The molecule has 1 rings (SSSR count). The van der Waals surface area contributed by atoms with Gasteiger partial charge in [0.1, 0.15) is 0 Å². The van der Waals surface area contributed by atoms with Crippen molar-refractivity contribution in [2.75, 3.05) is 0 Å². The lowest BCUT2D eigenvalue weighted by atomic mass is 10.3. The standard InChI is InChI=1S/C6H4Cl2O2.C3H8/c7-3-1-4(8)6(10)5(9)2-3;1-3-2/h1-2,9-10H;3H2,1-2H3. The van der Waals surface area contributed by atoms with E-state index in [0.29, 0.717) is 5.02 Å². The third kappa shape index (κ3) is 4.25. The topological polar surface area (TPSA) is 40.5 Å². The molecule has 0 radical (unpaired) electrons. The molecule has 0 aliphatic rings. The Morgan fingerprint density at radius 3 is 2.00 bits per heavy atom. The van der Waals surface area contributed by atoms with E-state index in [1.165, 1.54) is 18.6 Å².